The quantitative estimate of drug-likeness (QED) is 0.861. The largest absolute Gasteiger partial charge is 0.483 e. The van der Waals surface area contributed by atoms with Crippen LogP contribution >= 0.6 is 22.9 Å². The van der Waals surface area contributed by atoms with Gasteiger partial charge in [-0.25, -0.2) is 4.98 Å². The van der Waals surface area contributed by atoms with Gasteiger partial charge in [-0.2, -0.15) is 0 Å². The molecule has 0 fully saturated rings. The summed E-state index contributed by atoms with van der Waals surface area (Å²) < 4.78 is 5.67. The minimum Gasteiger partial charge on any atom is -0.483 e. The van der Waals surface area contributed by atoms with Gasteiger partial charge in [0.15, 0.2) is 5.75 Å². The number of halogens is 1. The van der Waals surface area contributed by atoms with Crippen molar-refractivity contribution in [2.24, 2.45) is 0 Å². The third-order valence-electron chi connectivity index (χ3n) is 2.66. The highest BCUT2D eigenvalue weighted by Crippen LogP contribution is 2.32. The second kappa shape index (κ2) is 5.39. The topological polar surface area (TPSA) is 48.1 Å². The molecule has 1 aromatic carbocycles. The fourth-order valence-electron chi connectivity index (χ4n) is 1.53. The monoisotopic (exact) mass is 296 g/mol. The van der Waals surface area contributed by atoms with Crippen LogP contribution in [0.2, 0.25) is 5.02 Å². The van der Waals surface area contributed by atoms with E-state index in [2.05, 4.69) is 31.1 Å². The summed E-state index contributed by atoms with van der Waals surface area (Å²) in [5.41, 5.74) is 7.50. The van der Waals surface area contributed by atoms with E-state index in [4.69, 9.17) is 22.1 Å². The highest BCUT2D eigenvalue weighted by molar-refractivity contribution is 7.09. The first kappa shape index (κ1) is 14.2. The van der Waals surface area contributed by atoms with Crippen LogP contribution in [0.1, 0.15) is 31.5 Å². The summed E-state index contributed by atoms with van der Waals surface area (Å²) in [7, 11) is 0. The molecule has 0 bridgehead atoms. The van der Waals surface area contributed by atoms with Gasteiger partial charge in [0, 0.05) is 10.8 Å². The van der Waals surface area contributed by atoms with Gasteiger partial charge in [0.25, 0.3) is 0 Å². The van der Waals surface area contributed by atoms with Crippen molar-refractivity contribution in [3.05, 3.63) is 39.3 Å². The number of benzene rings is 1. The summed E-state index contributed by atoms with van der Waals surface area (Å²) >= 11 is 7.64. The average Bonchev–Trinajstić information content (AvgIpc) is 2.77. The number of rotatable bonds is 3. The molecule has 0 saturated carbocycles. The average molecular weight is 297 g/mol. The zero-order chi connectivity index (χ0) is 14.0. The normalized spacial score (nSPS) is 11.6. The number of nitrogens with two attached hydrogens (primary N) is 1. The smallest absolute Gasteiger partial charge is 0.161 e. The number of thiazole rings is 1. The Kier molecular flexibility index (Phi) is 4.02. The van der Waals surface area contributed by atoms with Crippen LogP contribution in [-0.2, 0) is 12.0 Å². The standard InChI is InChI=1S/C14H17ClN2OS/c1-14(2,3)11-8-19-12(17-11)7-18-13-9(15)5-4-6-10(13)16/h4-6,8H,7,16H2,1-3H3. The van der Waals surface area contributed by atoms with E-state index in [-0.39, 0.29) is 5.41 Å². The zero-order valence-electron chi connectivity index (χ0n) is 11.2. The highest BCUT2D eigenvalue weighted by atomic mass is 35.5. The lowest BCUT2D eigenvalue weighted by molar-refractivity contribution is 0.307. The fourth-order valence-corrected chi connectivity index (χ4v) is 2.70. The first-order chi connectivity index (χ1) is 8.88. The van der Waals surface area contributed by atoms with Gasteiger partial charge in [-0.3, -0.25) is 0 Å². The summed E-state index contributed by atoms with van der Waals surface area (Å²) in [6.07, 6.45) is 0. The van der Waals surface area contributed by atoms with Gasteiger partial charge in [0.2, 0.25) is 0 Å². The number of hydrogen-bond donors (Lipinski definition) is 1. The maximum absolute atomic E-state index is 6.05. The predicted octanol–water partition coefficient (Wildman–Crippen LogP) is 4.26. The third kappa shape index (κ3) is 3.39. The highest BCUT2D eigenvalue weighted by Gasteiger charge is 2.17. The first-order valence-corrected chi connectivity index (χ1v) is 7.25. The molecule has 0 aliphatic carbocycles. The number of nitrogens with zero attached hydrogens (tertiary/aromatic N) is 1. The number of aromatic nitrogens is 1. The lowest BCUT2D eigenvalue weighted by Gasteiger charge is -2.14. The zero-order valence-corrected chi connectivity index (χ0v) is 12.8. The van der Waals surface area contributed by atoms with Crippen molar-refractivity contribution in [1.82, 2.24) is 4.98 Å². The maximum atomic E-state index is 6.05. The number of anilines is 1. The Morgan fingerprint density at radius 2 is 2.11 bits per heavy atom. The molecule has 19 heavy (non-hydrogen) atoms. The van der Waals surface area contributed by atoms with Gasteiger partial charge in [-0.05, 0) is 12.1 Å². The molecular formula is C14H17ClN2OS. The van der Waals surface area contributed by atoms with E-state index in [1.54, 1.807) is 29.5 Å². The molecule has 0 aliphatic heterocycles. The Hall–Kier alpha value is -1.26. The van der Waals surface area contributed by atoms with Gasteiger partial charge in [-0.1, -0.05) is 38.4 Å². The molecule has 0 radical (unpaired) electrons. The van der Waals surface area contributed by atoms with Crippen molar-refractivity contribution in [3.8, 4) is 5.75 Å². The van der Waals surface area contributed by atoms with Crippen LogP contribution in [0.4, 0.5) is 5.69 Å². The van der Waals surface area contributed by atoms with Crippen molar-refractivity contribution in [3.63, 3.8) is 0 Å². The van der Waals surface area contributed by atoms with Crippen LogP contribution in [0.5, 0.6) is 5.75 Å². The maximum Gasteiger partial charge on any atom is 0.161 e. The number of para-hydroxylation sites is 1. The van der Waals surface area contributed by atoms with Gasteiger partial charge in [0.05, 0.1) is 16.4 Å². The Morgan fingerprint density at radius 3 is 2.68 bits per heavy atom. The van der Waals surface area contributed by atoms with Crippen molar-refractivity contribution in [1.29, 1.82) is 0 Å². The number of nitrogen functional groups attached to an aromatic ring is 1. The Morgan fingerprint density at radius 1 is 1.37 bits per heavy atom. The number of ether oxygens (including phenoxy) is 1. The Balaban J connectivity index is 2.09. The summed E-state index contributed by atoms with van der Waals surface area (Å²) in [6, 6.07) is 5.32. The van der Waals surface area contributed by atoms with E-state index in [9.17, 15) is 0 Å². The summed E-state index contributed by atoms with van der Waals surface area (Å²) in [5, 5.41) is 3.51. The molecule has 0 atom stereocenters. The molecule has 0 aliphatic rings. The van der Waals surface area contributed by atoms with Gasteiger partial charge in [0.1, 0.15) is 11.6 Å². The molecule has 5 heteroatoms. The molecule has 102 valence electrons. The lowest BCUT2D eigenvalue weighted by Crippen LogP contribution is -2.11. The minimum absolute atomic E-state index is 0.0537. The van der Waals surface area contributed by atoms with E-state index in [1.807, 2.05) is 0 Å². The molecule has 0 spiro atoms. The Labute approximate surface area is 122 Å². The molecule has 2 N–H and O–H groups in total. The van der Waals surface area contributed by atoms with Crippen LogP contribution in [0, 0.1) is 0 Å². The van der Waals surface area contributed by atoms with Gasteiger partial charge < -0.3 is 10.5 Å². The SMILES string of the molecule is CC(C)(C)c1csc(COc2c(N)cccc2Cl)n1. The van der Waals surface area contributed by atoms with Crippen LogP contribution < -0.4 is 10.5 Å². The Bertz CT molecular complexity index is 555. The van der Waals surface area contributed by atoms with E-state index >= 15 is 0 Å². The van der Waals surface area contributed by atoms with E-state index in [0.29, 0.717) is 23.1 Å². The number of hydrogen-bond acceptors (Lipinski definition) is 4. The van der Waals surface area contributed by atoms with Gasteiger partial charge >= 0.3 is 0 Å². The second-order valence-corrected chi connectivity index (χ2v) is 6.67. The van der Waals surface area contributed by atoms with Crippen molar-refractivity contribution < 1.29 is 4.74 Å². The molecular weight excluding hydrogens is 280 g/mol. The van der Waals surface area contributed by atoms with Crippen molar-refractivity contribution >= 4 is 28.6 Å². The molecule has 2 rings (SSSR count). The first-order valence-electron chi connectivity index (χ1n) is 5.99. The van der Waals surface area contributed by atoms with Crippen LogP contribution in [-0.4, -0.2) is 4.98 Å². The lowest BCUT2D eigenvalue weighted by atomic mass is 9.93. The molecule has 0 amide bonds. The van der Waals surface area contributed by atoms with Gasteiger partial charge in [-0.15, -0.1) is 11.3 Å². The molecule has 0 unspecified atom stereocenters. The molecule has 2 aromatic rings. The van der Waals surface area contributed by atoms with E-state index in [1.165, 1.54) is 0 Å². The summed E-state index contributed by atoms with van der Waals surface area (Å²) in [4.78, 5) is 4.57. The summed E-state index contributed by atoms with van der Waals surface area (Å²) in [6.45, 7) is 6.80. The molecule has 1 aromatic heterocycles. The molecule has 1 heterocycles. The van der Waals surface area contributed by atoms with E-state index < -0.39 is 0 Å². The fraction of sp³-hybridized carbons (Fsp3) is 0.357. The van der Waals surface area contributed by atoms with Crippen LogP contribution in [0.25, 0.3) is 0 Å². The predicted molar refractivity (Wildman–Crippen MR) is 81.0 cm³/mol. The molecule has 0 saturated heterocycles. The van der Waals surface area contributed by atoms with E-state index in [0.717, 1.165) is 10.7 Å². The van der Waals surface area contributed by atoms with Crippen LogP contribution in [0.15, 0.2) is 23.6 Å². The van der Waals surface area contributed by atoms with Crippen LogP contribution in [0.3, 0.4) is 0 Å². The summed E-state index contributed by atoms with van der Waals surface area (Å²) in [5.74, 6) is 0.525. The second-order valence-electron chi connectivity index (χ2n) is 5.32. The van der Waals surface area contributed by atoms with Crippen molar-refractivity contribution in [2.45, 2.75) is 32.8 Å². The molecule has 3 nitrogen and oxygen atoms in total. The van der Waals surface area contributed by atoms with Crippen molar-refractivity contribution in [2.75, 3.05) is 5.73 Å². The minimum atomic E-state index is 0.0537. The third-order valence-corrected chi connectivity index (χ3v) is 3.78.